The number of hydrogen-bond donors (Lipinski definition) is 2. The molecule has 2 aromatic carbocycles. The molecule has 2 N–H and O–H groups in total. The maximum atomic E-state index is 9.57. The number of hydrogen-bond acceptors (Lipinski definition) is 3. The monoisotopic (exact) mass is 342 g/mol. The fraction of sp³-hybridized carbons (Fsp3) is 0.364. The number of ether oxygens (including phenoxy) is 1. The third-order valence-electron chi connectivity index (χ3n) is 3.60. The van der Waals surface area contributed by atoms with Crippen LogP contribution in [0.5, 0.6) is 17.2 Å². The van der Waals surface area contributed by atoms with Gasteiger partial charge in [-0.1, -0.05) is 56.7 Å². The van der Waals surface area contributed by atoms with Crippen molar-refractivity contribution in [1.82, 2.24) is 0 Å². The van der Waals surface area contributed by atoms with Gasteiger partial charge in [0.25, 0.3) is 0 Å². The van der Waals surface area contributed by atoms with E-state index in [-0.39, 0.29) is 11.2 Å². The second-order valence-corrected chi connectivity index (χ2v) is 6.93. The van der Waals surface area contributed by atoms with Crippen LogP contribution in [0.1, 0.15) is 51.3 Å². The fourth-order valence-electron chi connectivity index (χ4n) is 2.36. The highest BCUT2D eigenvalue weighted by atomic mass is 16.5. The van der Waals surface area contributed by atoms with E-state index in [1.54, 1.807) is 18.2 Å². The molecule has 0 aromatic heterocycles. The van der Waals surface area contributed by atoms with Crippen molar-refractivity contribution in [1.29, 1.82) is 0 Å². The summed E-state index contributed by atoms with van der Waals surface area (Å²) in [4.78, 5) is 0. The van der Waals surface area contributed by atoms with Crippen molar-refractivity contribution >= 4 is 6.08 Å². The van der Waals surface area contributed by atoms with Crippen LogP contribution in [0.4, 0.5) is 0 Å². The van der Waals surface area contributed by atoms with Gasteiger partial charge < -0.3 is 14.9 Å². The largest absolute Gasteiger partial charge is 0.508 e. The van der Waals surface area contributed by atoms with Gasteiger partial charge in [0, 0.05) is 0 Å². The minimum absolute atomic E-state index is 0.0239. The number of phenols is 2. The van der Waals surface area contributed by atoms with Crippen LogP contribution in [0.3, 0.4) is 0 Å². The van der Waals surface area contributed by atoms with Gasteiger partial charge in [0.05, 0.1) is 6.61 Å². The average molecular weight is 342 g/mol. The molecule has 0 radical (unpaired) electrons. The van der Waals surface area contributed by atoms with Crippen LogP contribution in [0.2, 0.25) is 0 Å². The van der Waals surface area contributed by atoms with Crippen molar-refractivity contribution in [2.45, 2.75) is 47.0 Å². The summed E-state index contributed by atoms with van der Waals surface area (Å²) >= 11 is 0. The highest BCUT2D eigenvalue weighted by Gasteiger charge is 2.17. The third-order valence-corrected chi connectivity index (χ3v) is 3.60. The molecule has 0 aliphatic heterocycles. The lowest BCUT2D eigenvalue weighted by molar-refractivity contribution is 0.318. The van der Waals surface area contributed by atoms with Crippen molar-refractivity contribution in [2.24, 2.45) is 0 Å². The van der Waals surface area contributed by atoms with Crippen molar-refractivity contribution in [3.63, 3.8) is 0 Å². The Kier molecular flexibility index (Phi) is 7.56. The van der Waals surface area contributed by atoms with E-state index < -0.39 is 0 Å². The normalized spacial score (nSPS) is 11.1. The second kappa shape index (κ2) is 9.16. The first kappa shape index (κ1) is 20.6. The van der Waals surface area contributed by atoms with E-state index in [9.17, 15) is 10.2 Å². The predicted molar refractivity (Wildman–Crippen MR) is 106 cm³/mol. The Hall–Kier alpha value is -2.42. The van der Waals surface area contributed by atoms with Crippen LogP contribution in [-0.2, 0) is 5.41 Å². The molecular weight excluding hydrogens is 312 g/mol. The second-order valence-electron chi connectivity index (χ2n) is 6.93. The third kappa shape index (κ3) is 6.54. The van der Waals surface area contributed by atoms with Crippen LogP contribution in [-0.4, -0.2) is 16.8 Å². The van der Waals surface area contributed by atoms with Crippen molar-refractivity contribution in [2.75, 3.05) is 6.61 Å². The Bertz CT molecular complexity index is 710. The van der Waals surface area contributed by atoms with E-state index in [1.165, 1.54) is 5.56 Å². The predicted octanol–water partition coefficient (Wildman–Crippen LogP) is 5.82. The van der Waals surface area contributed by atoms with Crippen LogP contribution in [0.25, 0.3) is 6.08 Å². The molecule has 0 saturated heterocycles. The zero-order valence-corrected chi connectivity index (χ0v) is 16.1. The summed E-state index contributed by atoms with van der Waals surface area (Å²) < 4.78 is 5.20. The van der Waals surface area contributed by atoms with Gasteiger partial charge in [0.1, 0.15) is 5.75 Å². The van der Waals surface area contributed by atoms with E-state index in [0.717, 1.165) is 11.1 Å². The molecule has 0 aliphatic carbocycles. The Morgan fingerprint density at radius 1 is 1.00 bits per heavy atom. The molecule has 136 valence electrons. The molecule has 0 saturated carbocycles. The van der Waals surface area contributed by atoms with Gasteiger partial charge in [-0.05, 0) is 55.5 Å². The molecule has 3 nitrogen and oxygen atoms in total. The number of rotatable bonds is 3. The minimum atomic E-state index is 0.0239. The first-order valence-electron chi connectivity index (χ1n) is 8.57. The van der Waals surface area contributed by atoms with E-state index in [4.69, 9.17) is 4.74 Å². The summed E-state index contributed by atoms with van der Waals surface area (Å²) in [6.07, 6.45) is 3.85. The van der Waals surface area contributed by atoms with Crippen molar-refractivity contribution < 1.29 is 14.9 Å². The Morgan fingerprint density at radius 2 is 1.68 bits per heavy atom. The fourth-order valence-corrected chi connectivity index (χ4v) is 2.36. The lowest BCUT2D eigenvalue weighted by atomic mass is 9.85. The topological polar surface area (TPSA) is 49.7 Å². The van der Waals surface area contributed by atoms with Gasteiger partial charge >= 0.3 is 0 Å². The molecule has 0 bridgehead atoms. The van der Waals surface area contributed by atoms with Gasteiger partial charge in [-0.3, -0.25) is 0 Å². The van der Waals surface area contributed by atoms with Crippen molar-refractivity contribution in [3.8, 4) is 17.2 Å². The van der Waals surface area contributed by atoms with Crippen LogP contribution in [0, 0.1) is 6.92 Å². The molecule has 0 spiro atoms. The highest BCUT2D eigenvalue weighted by molar-refractivity contribution is 5.55. The summed E-state index contributed by atoms with van der Waals surface area (Å²) in [5, 5.41) is 19.1. The molecule has 3 heteroatoms. The van der Waals surface area contributed by atoms with Gasteiger partial charge in [0.2, 0.25) is 0 Å². The zero-order chi connectivity index (χ0) is 19.0. The van der Waals surface area contributed by atoms with Crippen LogP contribution >= 0.6 is 0 Å². The summed E-state index contributed by atoms with van der Waals surface area (Å²) in [6.45, 7) is 12.7. The van der Waals surface area contributed by atoms with Crippen LogP contribution < -0.4 is 4.74 Å². The number of aromatic hydroxyl groups is 2. The van der Waals surface area contributed by atoms with Crippen LogP contribution in [0.15, 0.2) is 42.5 Å². The molecule has 0 unspecified atom stereocenters. The van der Waals surface area contributed by atoms with E-state index >= 15 is 0 Å². The van der Waals surface area contributed by atoms with Gasteiger partial charge in [0.15, 0.2) is 11.5 Å². The Balaban J connectivity index is 0.000000251. The molecule has 0 heterocycles. The maximum Gasteiger partial charge on any atom is 0.160 e. The smallest absolute Gasteiger partial charge is 0.160 e. The maximum absolute atomic E-state index is 9.57. The first-order valence-corrected chi connectivity index (χ1v) is 8.57. The lowest BCUT2D eigenvalue weighted by Crippen LogP contribution is -2.11. The van der Waals surface area contributed by atoms with Gasteiger partial charge in [-0.2, -0.15) is 0 Å². The average Bonchev–Trinajstić information content (AvgIpc) is 2.52. The molecule has 0 atom stereocenters. The standard InChI is InChI=1S/C11H14O2.C11H16O/c1-3-5-9-6-7-11(13-4-2)10(12)8-9;1-8-5-6-10(12)9(7-8)11(2,3)4/h3,5-8,12H,4H2,1-2H3;5-7,12H,1-4H3. The number of phenolic OH excluding ortho intramolecular Hbond substituents is 2. The zero-order valence-electron chi connectivity index (χ0n) is 16.1. The van der Waals surface area contributed by atoms with Crippen molar-refractivity contribution in [3.05, 3.63) is 59.2 Å². The Labute approximate surface area is 151 Å². The number of allylic oxidation sites excluding steroid dienone is 1. The Morgan fingerprint density at radius 3 is 2.16 bits per heavy atom. The van der Waals surface area contributed by atoms with E-state index in [0.29, 0.717) is 18.1 Å². The first-order chi connectivity index (χ1) is 11.7. The number of aryl methyl sites for hydroxylation is 1. The molecule has 0 fully saturated rings. The summed E-state index contributed by atoms with van der Waals surface area (Å²) in [5.74, 6) is 1.13. The quantitative estimate of drug-likeness (QED) is 0.738. The molecule has 25 heavy (non-hydrogen) atoms. The molecule has 2 aromatic rings. The molecule has 0 aliphatic rings. The van der Waals surface area contributed by atoms with E-state index in [1.807, 2.05) is 51.1 Å². The summed E-state index contributed by atoms with van der Waals surface area (Å²) in [5.41, 5.74) is 3.21. The number of benzene rings is 2. The SMILES string of the molecule is CC=Cc1ccc(OCC)c(O)c1.Cc1ccc(O)c(C(C)(C)C)c1. The summed E-state index contributed by atoms with van der Waals surface area (Å²) in [6, 6.07) is 11.1. The summed E-state index contributed by atoms with van der Waals surface area (Å²) in [7, 11) is 0. The van der Waals surface area contributed by atoms with Gasteiger partial charge in [-0.25, -0.2) is 0 Å². The van der Waals surface area contributed by atoms with E-state index in [2.05, 4.69) is 20.8 Å². The molecule has 2 rings (SSSR count). The molecule has 0 amide bonds. The minimum Gasteiger partial charge on any atom is -0.508 e. The lowest BCUT2D eigenvalue weighted by Gasteiger charge is -2.20. The highest BCUT2D eigenvalue weighted by Crippen LogP contribution is 2.30. The molecular formula is C22H30O3. The van der Waals surface area contributed by atoms with Gasteiger partial charge in [-0.15, -0.1) is 0 Å².